The quantitative estimate of drug-likeness (QED) is 0.633. The van der Waals surface area contributed by atoms with Gasteiger partial charge in [0.15, 0.2) is 0 Å². The molecule has 1 atom stereocenters. The molecule has 1 aliphatic rings. The topological polar surface area (TPSA) is 129 Å². The molecule has 1 aliphatic heterocycles. The van der Waals surface area contributed by atoms with E-state index in [1.807, 2.05) is 0 Å². The Morgan fingerprint density at radius 1 is 1.22 bits per heavy atom. The van der Waals surface area contributed by atoms with Gasteiger partial charge in [0, 0.05) is 6.42 Å². The molecule has 12 heteroatoms. The Hall–Kier alpha value is -3.44. The van der Waals surface area contributed by atoms with Gasteiger partial charge < -0.3 is 10.6 Å². The summed E-state index contributed by atoms with van der Waals surface area (Å²) in [5.74, 6) is -3.55. The molecule has 0 aliphatic carbocycles. The van der Waals surface area contributed by atoms with E-state index in [9.17, 15) is 27.6 Å². The molecule has 2 heterocycles. The summed E-state index contributed by atoms with van der Waals surface area (Å²) >= 11 is 0. The fourth-order valence-corrected chi connectivity index (χ4v) is 2.42. The number of para-hydroxylation sites is 1. The Balaban J connectivity index is 1.58. The molecular weight excluding hydrogens is 369 g/mol. The molecule has 142 valence electrons. The molecule has 4 N–H and O–H groups in total. The molecule has 3 rings (SSSR count). The van der Waals surface area contributed by atoms with Crippen LogP contribution in [0.25, 0.3) is 0 Å². The van der Waals surface area contributed by atoms with Crippen molar-refractivity contribution < 1.29 is 27.6 Å². The minimum Gasteiger partial charge on any atom is -0.340 e. The lowest BCUT2D eigenvalue weighted by molar-refractivity contribution is -0.144. The first-order chi connectivity index (χ1) is 12.7. The number of aromatic amines is 1. The Labute approximate surface area is 149 Å². The smallest absolute Gasteiger partial charge is 0.340 e. The van der Waals surface area contributed by atoms with Gasteiger partial charge in [-0.2, -0.15) is 18.2 Å². The molecule has 1 aromatic heterocycles. The van der Waals surface area contributed by atoms with E-state index in [0.29, 0.717) is 11.3 Å². The van der Waals surface area contributed by atoms with Crippen molar-refractivity contribution >= 4 is 29.4 Å². The number of H-pyrrole nitrogens is 1. The highest BCUT2D eigenvalue weighted by Crippen LogP contribution is 2.26. The summed E-state index contributed by atoms with van der Waals surface area (Å²) in [4.78, 5) is 39.3. The van der Waals surface area contributed by atoms with Crippen molar-refractivity contribution in [2.24, 2.45) is 0 Å². The van der Waals surface area contributed by atoms with Crippen LogP contribution in [-0.4, -0.2) is 38.9 Å². The largest absolute Gasteiger partial charge is 0.451 e. The molecule has 1 aromatic carbocycles. The lowest BCUT2D eigenvalue weighted by atomic mass is 10.1. The van der Waals surface area contributed by atoms with Crippen molar-refractivity contribution in [2.75, 3.05) is 10.6 Å². The molecule has 3 amide bonds. The normalized spacial score (nSPS) is 16.8. The van der Waals surface area contributed by atoms with Crippen LogP contribution in [0.3, 0.4) is 0 Å². The number of hydrogen-bond acceptors (Lipinski definition) is 5. The van der Waals surface area contributed by atoms with Gasteiger partial charge in [0.1, 0.15) is 6.04 Å². The van der Waals surface area contributed by atoms with Crippen LogP contribution < -0.4 is 16.0 Å². The fraction of sp³-hybridized carbons (Fsp3) is 0.267. The summed E-state index contributed by atoms with van der Waals surface area (Å²) in [6.07, 6.45) is -5.02. The maximum Gasteiger partial charge on any atom is 0.451 e. The number of carbonyl (C=O) groups excluding carboxylic acids is 3. The van der Waals surface area contributed by atoms with Gasteiger partial charge in [0.05, 0.1) is 11.3 Å². The van der Waals surface area contributed by atoms with Crippen molar-refractivity contribution in [3.8, 4) is 0 Å². The summed E-state index contributed by atoms with van der Waals surface area (Å²) in [6.45, 7) is 0. The first kappa shape index (κ1) is 18.4. The van der Waals surface area contributed by atoms with Gasteiger partial charge in [-0.25, -0.2) is 0 Å². The van der Waals surface area contributed by atoms with E-state index in [1.54, 1.807) is 29.4 Å². The van der Waals surface area contributed by atoms with Crippen LogP contribution in [-0.2, 0) is 15.8 Å². The molecule has 9 nitrogen and oxygen atoms in total. The summed E-state index contributed by atoms with van der Waals surface area (Å²) in [5, 5.41) is 12.1. The minimum atomic E-state index is -4.71. The predicted molar refractivity (Wildman–Crippen MR) is 85.6 cm³/mol. The van der Waals surface area contributed by atoms with Gasteiger partial charge in [-0.3, -0.25) is 24.8 Å². The average molecular weight is 382 g/mol. The van der Waals surface area contributed by atoms with Crippen LogP contribution in [0.4, 0.5) is 24.8 Å². The summed E-state index contributed by atoms with van der Waals surface area (Å²) in [5.41, 5.74) is 0.644. The van der Waals surface area contributed by atoms with Gasteiger partial charge in [-0.1, -0.05) is 12.1 Å². The molecule has 0 bridgehead atoms. The van der Waals surface area contributed by atoms with Gasteiger partial charge in [-0.05, 0) is 18.6 Å². The first-order valence-electron chi connectivity index (χ1n) is 7.74. The number of nitrogens with one attached hydrogen (secondary N) is 4. The number of aromatic nitrogens is 3. The van der Waals surface area contributed by atoms with Crippen molar-refractivity contribution in [3.05, 3.63) is 35.7 Å². The van der Waals surface area contributed by atoms with E-state index >= 15 is 0 Å². The molecule has 0 unspecified atom stereocenters. The number of nitrogens with zero attached hydrogens (tertiary/aromatic N) is 2. The van der Waals surface area contributed by atoms with Crippen LogP contribution in [0.15, 0.2) is 24.3 Å². The molecule has 0 radical (unpaired) electrons. The third-order valence-electron chi connectivity index (χ3n) is 3.72. The Bertz CT molecular complexity index is 895. The number of hydrogen-bond donors (Lipinski definition) is 4. The average Bonchev–Trinajstić information content (AvgIpc) is 3.03. The van der Waals surface area contributed by atoms with Gasteiger partial charge in [-0.15, -0.1) is 5.10 Å². The summed E-state index contributed by atoms with van der Waals surface area (Å²) in [6, 6.07) is 5.44. The first-order valence-corrected chi connectivity index (χ1v) is 7.74. The van der Waals surface area contributed by atoms with E-state index in [4.69, 9.17) is 0 Å². The maximum absolute atomic E-state index is 12.4. The molecule has 27 heavy (non-hydrogen) atoms. The zero-order valence-electron chi connectivity index (χ0n) is 13.6. The van der Waals surface area contributed by atoms with E-state index in [2.05, 4.69) is 26.0 Å². The van der Waals surface area contributed by atoms with Gasteiger partial charge in [0.2, 0.25) is 23.6 Å². The summed E-state index contributed by atoms with van der Waals surface area (Å²) < 4.78 is 37.3. The number of carbonyl (C=O) groups is 3. The van der Waals surface area contributed by atoms with Crippen LogP contribution in [0, 0.1) is 0 Å². The second-order valence-corrected chi connectivity index (χ2v) is 5.65. The Morgan fingerprint density at radius 3 is 2.67 bits per heavy atom. The van der Waals surface area contributed by atoms with Crippen molar-refractivity contribution in [1.82, 2.24) is 20.5 Å². The van der Waals surface area contributed by atoms with E-state index < -0.39 is 41.7 Å². The van der Waals surface area contributed by atoms with Gasteiger partial charge >= 0.3 is 6.18 Å². The number of anilines is 2. The monoisotopic (exact) mass is 382 g/mol. The third kappa shape index (κ3) is 4.22. The number of fused-ring (bicyclic) bond motifs is 1. The van der Waals surface area contributed by atoms with Crippen LogP contribution in [0.2, 0.25) is 0 Å². The Morgan fingerprint density at radius 2 is 1.96 bits per heavy atom. The minimum absolute atomic E-state index is 0.0616. The molecule has 0 saturated carbocycles. The van der Waals surface area contributed by atoms with Crippen LogP contribution in [0.5, 0.6) is 0 Å². The maximum atomic E-state index is 12.4. The number of amides is 3. The highest BCUT2D eigenvalue weighted by atomic mass is 19.4. The standard InChI is InChI=1S/C15H13F3N6O3/c16-15(17,18)13-22-14(24-23-13)21-10(25)6-5-9-12(27)19-8-4-2-1-3-7(8)11(26)20-9/h1-4,9H,5-6H2,(H,19,27)(H,20,26)(H2,21,22,23,24,25)/t9-/m0/s1. The van der Waals surface area contributed by atoms with Crippen molar-refractivity contribution in [2.45, 2.75) is 25.1 Å². The number of benzene rings is 1. The highest BCUT2D eigenvalue weighted by molar-refractivity contribution is 6.09. The number of rotatable bonds is 4. The third-order valence-corrected chi connectivity index (χ3v) is 3.72. The van der Waals surface area contributed by atoms with Crippen LogP contribution >= 0.6 is 0 Å². The molecule has 2 aromatic rings. The van der Waals surface area contributed by atoms with Gasteiger partial charge in [0.25, 0.3) is 5.91 Å². The number of halogens is 3. The molecule has 0 saturated heterocycles. The predicted octanol–water partition coefficient (Wildman–Crippen LogP) is 1.29. The highest BCUT2D eigenvalue weighted by Gasteiger charge is 2.35. The summed E-state index contributed by atoms with van der Waals surface area (Å²) in [7, 11) is 0. The zero-order chi connectivity index (χ0) is 19.6. The van der Waals surface area contributed by atoms with E-state index in [-0.39, 0.29) is 12.8 Å². The van der Waals surface area contributed by atoms with Crippen LogP contribution in [0.1, 0.15) is 29.0 Å². The van der Waals surface area contributed by atoms with Crippen molar-refractivity contribution in [3.63, 3.8) is 0 Å². The van der Waals surface area contributed by atoms with E-state index in [0.717, 1.165) is 0 Å². The zero-order valence-corrected chi connectivity index (χ0v) is 13.6. The molecular formula is C15H13F3N6O3. The second kappa shape index (κ2) is 7.05. The lowest BCUT2D eigenvalue weighted by Crippen LogP contribution is -2.41. The fourth-order valence-electron chi connectivity index (χ4n) is 2.42. The lowest BCUT2D eigenvalue weighted by Gasteiger charge is -2.13. The second-order valence-electron chi connectivity index (χ2n) is 5.65. The molecule has 0 spiro atoms. The SMILES string of the molecule is O=C(CC[C@@H]1NC(=O)c2ccccc2NC1=O)Nc1n[nH]c(C(F)(F)F)n1. The Kier molecular flexibility index (Phi) is 4.79. The van der Waals surface area contributed by atoms with Crippen molar-refractivity contribution in [1.29, 1.82) is 0 Å². The van der Waals surface area contributed by atoms with E-state index in [1.165, 1.54) is 0 Å². The number of alkyl halides is 3. The molecule has 0 fully saturated rings.